The maximum Gasteiger partial charge on any atom is 0.270 e. The SMILES string of the molecule is CC1(C)CCCC(NC(=O)c2ccc(Br)cn2)C1. The molecule has 4 heteroatoms. The van der Waals surface area contributed by atoms with Crippen LogP contribution in [0.4, 0.5) is 0 Å². The van der Waals surface area contributed by atoms with Crippen molar-refractivity contribution in [2.24, 2.45) is 5.41 Å². The zero-order valence-corrected chi connectivity index (χ0v) is 12.5. The van der Waals surface area contributed by atoms with Crippen LogP contribution in [-0.2, 0) is 0 Å². The first kappa shape index (κ1) is 13.5. The van der Waals surface area contributed by atoms with E-state index in [1.807, 2.05) is 6.07 Å². The lowest BCUT2D eigenvalue weighted by atomic mass is 9.75. The zero-order valence-electron chi connectivity index (χ0n) is 10.9. The van der Waals surface area contributed by atoms with Crippen molar-refractivity contribution >= 4 is 21.8 Å². The third-order valence-electron chi connectivity index (χ3n) is 3.50. The molecule has 1 amide bonds. The first-order valence-corrected chi connectivity index (χ1v) is 7.18. The minimum Gasteiger partial charge on any atom is -0.348 e. The van der Waals surface area contributed by atoms with Crippen LogP contribution in [0.25, 0.3) is 0 Å². The van der Waals surface area contributed by atoms with Gasteiger partial charge >= 0.3 is 0 Å². The first-order chi connectivity index (χ1) is 8.46. The molecular weight excluding hydrogens is 292 g/mol. The van der Waals surface area contributed by atoms with Gasteiger partial charge in [-0.25, -0.2) is 4.98 Å². The van der Waals surface area contributed by atoms with Crippen LogP contribution >= 0.6 is 15.9 Å². The lowest BCUT2D eigenvalue weighted by molar-refractivity contribution is 0.0897. The molecule has 1 aliphatic rings. The summed E-state index contributed by atoms with van der Waals surface area (Å²) >= 11 is 3.31. The summed E-state index contributed by atoms with van der Waals surface area (Å²) in [5, 5.41) is 3.09. The molecule has 2 rings (SSSR count). The summed E-state index contributed by atoms with van der Waals surface area (Å²) in [4.78, 5) is 16.2. The van der Waals surface area contributed by atoms with E-state index in [4.69, 9.17) is 0 Å². The number of nitrogens with one attached hydrogen (secondary N) is 1. The summed E-state index contributed by atoms with van der Waals surface area (Å²) in [6.45, 7) is 4.53. The minimum absolute atomic E-state index is 0.0646. The number of halogens is 1. The zero-order chi connectivity index (χ0) is 13.2. The average molecular weight is 311 g/mol. The number of aromatic nitrogens is 1. The summed E-state index contributed by atoms with van der Waals surface area (Å²) < 4.78 is 0.887. The van der Waals surface area contributed by atoms with Gasteiger partial charge in [0.25, 0.3) is 5.91 Å². The monoisotopic (exact) mass is 310 g/mol. The molecule has 0 spiro atoms. The Morgan fingerprint density at radius 3 is 2.89 bits per heavy atom. The molecule has 1 aromatic heterocycles. The molecular formula is C14H19BrN2O. The number of amides is 1. The van der Waals surface area contributed by atoms with Gasteiger partial charge in [-0.3, -0.25) is 4.79 Å². The van der Waals surface area contributed by atoms with E-state index in [0.717, 1.165) is 17.3 Å². The maximum absolute atomic E-state index is 12.0. The Morgan fingerprint density at radius 2 is 2.28 bits per heavy atom. The molecule has 1 saturated carbocycles. The molecule has 0 aliphatic heterocycles. The fourth-order valence-corrected chi connectivity index (χ4v) is 2.83. The van der Waals surface area contributed by atoms with Gasteiger partial charge in [-0.2, -0.15) is 0 Å². The van der Waals surface area contributed by atoms with Gasteiger partial charge in [0.15, 0.2) is 0 Å². The highest BCUT2D eigenvalue weighted by Gasteiger charge is 2.29. The van der Waals surface area contributed by atoms with Crippen molar-refractivity contribution in [3.8, 4) is 0 Å². The Kier molecular flexibility index (Phi) is 4.05. The van der Waals surface area contributed by atoms with Crippen LogP contribution in [0.1, 0.15) is 50.0 Å². The smallest absolute Gasteiger partial charge is 0.270 e. The molecule has 0 radical (unpaired) electrons. The predicted octanol–water partition coefficient (Wildman–Crippen LogP) is 3.54. The van der Waals surface area contributed by atoms with Crippen LogP contribution in [-0.4, -0.2) is 16.9 Å². The quantitative estimate of drug-likeness (QED) is 0.907. The first-order valence-electron chi connectivity index (χ1n) is 6.39. The van der Waals surface area contributed by atoms with Gasteiger partial charge in [0.05, 0.1) is 0 Å². The number of nitrogens with zero attached hydrogens (tertiary/aromatic N) is 1. The Bertz CT molecular complexity index is 428. The van der Waals surface area contributed by atoms with E-state index < -0.39 is 0 Å². The third kappa shape index (κ3) is 3.55. The summed E-state index contributed by atoms with van der Waals surface area (Å²) in [7, 11) is 0. The van der Waals surface area contributed by atoms with Crippen LogP contribution in [0, 0.1) is 5.41 Å². The lowest BCUT2D eigenvalue weighted by Gasteiger charge is -2.35. The Balaban J connectivity index is 1.97. The predicted molar refractivity (Wildman–Crippen MR) is 75.4 cm³/mol. The van der Waals surface area contributed by atoms with Crippen LogP contribution in [0.2, 0.25) is 0 Å². The highest BCUT2D eigenvalue weighted by Crippen LogP contribution is 2.35. The van der Waals surface area contributed by atoms with Gasteiger partial charge in [-0.05, 0) is 52.7 Å². The second-order valence-electron chi connectivity index (χ2n) is 5.79. The topological polar surface area (TPSA) is 42.0 Å². The molecule has 0 aromatic carbocycles. The van der Waals surface area contributed by atoms with Crippen molar-refractivity contribution in [2.75, 3.05) is 0 Å². The number of pyridine rings is 1. The fraction of sp³-hybridized carbons (Fsp3) is 0.571. The molecule has 1 aliphatic carbocycles. The minimum atomic E-state index is -0.0646. The molecule has 1 unspecified atom stereocenters. The van der Waals surface area contributed by atoms with Gasteiger partial charge in [0.2, 0.25) is 0 Å². The fourth-order valence-electron chi connectivity index (χ4n) is 2.59. The number of carbonyl (C=O) groups is 1. The van der Waals surface area contributed by atoms with Crippen molar-refractivity contribution in [1.29, 1.82) is 0 Å². The number of carbonyl (C=O) groups excluding carboxylic acids is 1. The standard InChI is InChI=1S/C14H19BrN2O/c1-14(2)7-3-4-11(8-14)17-13(18)12-6-5-10(15)9-16-12/h5-6,9,11H,3-4,7-8H2,1-2H3,(H,17,18). The highest BCUT2D eigenvalue weighted by molar-refractivity contribution is 9.10. The molecule has 18 heavy (non-hydrogen) atoms. The molecule has 1 N–H and O–H groups in total. The summed E-state index contributed by atoms with van der Waals surface area (Å²) in [5.74, 6) is -0.0646. The van der Waals surface area contributed by atoms with Crippen LogP contribution in [0.3, 0.4) is 0 Å². The molecule has 1 aromatic rings. The Labute approximate surface area is 117 Å². The second kappa shape index (κ2) is 5.39. The molecule has 1 atom stereocenters. The van der Waals surface area contributed by atoms with Gasteiger partial charge < -0.3 is 5.32 Å². The lowest BCUT2D eigenvalue weighted by Crippen LogP contribution is -2.40. The van der Waals surface area contributed by atoms with Gasteiger partial charge in [-0.1, -0.05) is 20.3 Å². The Hall–Kier alpha value is -0.900. The molecule has 3 nitrogen and oxygen atoms in total. The summed E-state index contributed by atoms with van der Waals surface area (Å²) in [6, 6.07) is 3.87. The van der Waals surface area contributed by atoms with Crippen LogP contribution in [0.5, 0.6) is 0 Å². The van der Waals surface area contributed by atoms with Crippen molar-refractivity contribution in [2.45, 2.75) is 45.6 Å². The average Bonchev–Trinajstić information content (AvgIpc) is 2.28. The van der Waals surface area contributed by atoms with Crippen LogP contribution in [0.15, 0.2) is 22.8 Å². The number of hydrogen-bond acceptors (Lipinski definition) is 2. The van der Waals surface area contributed by atoms with Crippen molar-refractivity contribution in [3.05, 3.63) is 28.5 Å². The summed E-state index contributed by atoms with van der Waals surface area (Å²) in [6.07, 6.45) is 6.21. The number of hydrogen-bond donors (Lipinski definition) is 1. The van der Waals surface area contributed by atoms with Crippen molar-refractivity contribution in [1.82, 2.24) is 10.3 Å². The van der Waals surface area contributed by atoms with Crippen LogP contribution < -0.4 is 5.32 Å². The Morgan fingerprint density at radius 1 is 1.50 bits per heavy atom. The van der Waals surface area contributed by atoms with E-state index in [-0.39, 0.29) is 11.9 Å². The molecule has 0 saturated heterocycles. The summed E-state index contributed by atoms with van der Waals surface area (Å²) in [5.41, 5.74) is 0.824. The largest absolute Gasteiger partial charge is 0.348 e. The van der Waals surface area contributed by atoms with E-state index in [0.29, 0.717) is 11.1 Å². The normalized spacial score (nSPS) is 22.5. The number of rotatable bonds is 2. The van der Waals surface area contributed by atoms with E-state index in [1.165, 1.54) is 12.8 Å². The van der Waals surface area contributed by atoms with E-state index >= 15 is 0 Å². The van der Waals surface area contributed by atoms with E-state index in [2.05, 4.69) is 40.1 Å². The second-order valence-corrected chi connectivity index (χ2v) is 6.71. The van der Waals surface area contributed by atoms with E-state index in [1.54, 1.807) is 12.3 Å². The van der Waals surface area contributed by atoms with Crippen molar-refractivity contribution < 1.29 is 4.79 Å². The molecule has 0 bridgehead atoms. The maximum atomic E-state index is 12.0. The molecule has 98 valence electrons. The molecule has 1 fully saturated rings. The van der Waals surface area contributed by atoms with Gasteiger partial charge in [0, 0.05) is 16.7 Å². The highest BCUT2D eigenvalue weighted by atomic mass is 79.9. The van der Waals surface area contributed by atoms with Gasteiger partial charge in [-0.15, -0.1) is 0 Å². The van der Waals surface area contributed by atoms with E-state index in [9.17, 15) is 4.79 Å². The third-order valence-corrected chi connectivity index (χ3v) is 3.97. The van der Waals surface area contributed by atoms with Gasteiger partial charge in [0.1, 0.15) is 5.69 Å². The van der Waals surface area contributed by atoms with Crippen molar-refractivity contribution in [3.63, 3.8) is 0 Å². The molecule has 1 heterocycles.